The van der Waals surface area contributed by atoms with Crippen LogP contribution in [0.15, 0.2) is 24.3 Å². The fourth-order valence-electron chi connectivity index (χ4n) is 2.43. The van der Waals surface area contributed by atoms with Gasteiger partial charge in [-0.2, -0.15) is 0 Å². The number of nitrogens with one attached hydrogen (secondary N) is 1. The maximum Gasteiger partial charge on any atom is 0.273 e. The standard InChI is InChI=1S/C14H20N2O2/c1-11(9-12-5-4-6-12)15-10-13-7-2-3-8-14(13)16(17)18/h2-3,7-8,11-12,15H,4-6,9-10H2,1H3/t11-/m0/s1. The van der Waals surface area contributed by atoms with Crippen molar-refractivity contribution in [2.75, 3.05) is 0 Å². The fraction of sp³-hybridized carbons (Fsp3) is 0.571. The van der Waals surface area contributed by atoms with E-state index in [9.17, 15) is 10.1 Å². The zero-order valence-electron chi connectivity index (χ0n) is 10.8. The molecule has 4 nitrogen and oxygen atoms in total. The first-order valence-electron chi connectivity index (χ1n) is 6.62. The number of nitro groups is 1. The van der Waals surface area contributed by atoms with E-state index >= 15 is 0 Å². The van der Waals surface area contributed by atoms with Crippen LogP contribution in [0.25, 0.3) is 0 Å². The molecule has 0 unspecified atom stereocenters. The Bertz CT molecular complexity index is 416. The van der Waals surface area contributed by atoms with Crippen LogP contribution < -0.4 is 5.32 Å². The van der Waals surface area contributed by atoms with Gasteiger partial charge in [0.25, 0.3) is 5.69 Å². The largest absolute Gasteiger partial charge is 0.310 e. The van der Waals surface area contributed by atoms with Crippen molar-refractivity contribution < 1.29 is 4.92 Å². The Morgan fingerprint density at radius 1 is 1.44 bits per heavy atom. The van der Waals surface area contributed by atoms with Crippen molar-refractivity contribution in [3.05, 3.63) is 39.9 Å². The van der Waals surface area contributed by atoms with Gasteiger partial charge in [-0.3, -0.25) is 10.1 Å². The van der Waals surface area contributed by atoms with Crippen molar-refractivity contribution in [1.82, 2.24) is 5.32 Å². The molecule has 0 aromatic heterocycles. The molecule has 0 aliphatic heterocycles. The molecule has 1 fully saturated rings. The minimum Gasteiger partial charge on any atom is -0.310 e. The van der Waals surface area contributed by atoms with Crippen LogP contribution in [0.1, 0.15) is 38.2 Å². The lowest BCUT2D eigenvalue weighted by Crippen LogP contribution is -2.30. The lowest BCUT2D eigenvalue weighted by Gasteiger charge is -2.28. The number of hydrogen-bond acceptors (Lipinski definition) is 3. The van der Waals surface area contributed by atoms with Crippen molar-refractivity contribution in [3.8, 4) is 0 Å². The molecule has 1 aliphatic rings. The monoisotopic (exact) mass is 248 g/mol. The number of hydrogen-bond donors (Lipinski definition) is 1. The van der Waals surface area contributed by atoms with Crippen LogP contribution in [0.3, 0.4) is 0 Å². The van der Waals surface area contributed by atoms with Gasteiger partial charge in [0.1, 0.15) is 0 Å². The smallest absolute Gasteiger partial charge is 0.273 e. The highest BCUT2D eigenvalue weighted by atomic mass is 16.6. The summed E-state index contributed by atoms with van der Waals surface area (Å²) in [5.74, 6) is 0.859. The molecule has 0 spiro atoms. The molecule has 0 saturated heterocycles. The Morgan fingerprint density at radius 2 is 2.17 bits per heavy atom. The Morgan fingerprint density at radius 3 is 2.78 bits per heavy atom. The van der Waals surface area contributed by atoms with Gasteiger partial charge in [0.05, 0.1) is 4.92 Å². The predicted octanol–water partition coefficient (Wildman–Crippen LogP) is 3.26. The summed E-state index contributed by atoms with van der Waals surface area (Å²) in [5.41, 5.74) is 0.976. The van der Waals surface area contributed by atoms with Gasteiger partial charge in [-0.15, -0.1) is 0 Å². The highest BCUT2D eigenvalue weighted by molar-refractivity contribution is 5.39. The molecule has 1 saturated carbocycles. The summed E-state index contributed by atoms with van der Waals surface area (Å²) in [6.07, 6.45) is 5.23. The minimum absolute atomic E-state index is 0.209. The molecule has 1 aromatic rings. The van der Waals surface area contributed by atoms with Crippen LogP contribution in [-0.4, -0.2) is 11.0 Å². The molecule has 1 aliphatic carbocycles. The Kier molecular flexibility index (Phi) is 4.31. The van der Waals surface area contributed by atoms with Gasteiger partial charge >= 0.3 is 0 Å². The first-order valence-corrected chi connectivity index (χ1v) is 6.62. The molecule has 0 amide bonds. The quantitative estimate of drug-likeness (QED) is 0.621. The topological polar surface area (TPSA) is 55.2 Å². The van der Waals surface area contributed by atoms with Crippen molar-refractivity contribution >= 4 is 5.69 Å². The third-order valence-electron chi connectivity index (χ3n) is 3.74. The molecule has 2 rings (SSSR count). The maximum absolute atomic E-state index is 10.9. The van der Waals surface area contributed by atoms with E-state index in [1.807, 2.05) is 12.1 Å². The molecule has 0 bridgehead atoms. The lowest BCUT2D eigenvalue weighted by molar-refractivity contribution is -0.385. The first-order chi connectivity index (χ1) is 8.66. The average molecular weight is 248 g/mol. The van der Waals surface area contributed by atoms with E-state index in [1.165, 1.54) is 25.7 Å². The molecule has 0 heterocycles. The molecule has 18 heavy (non-hydrogen) atoms. The summed E-state index contributed by atoms with van der Waals surface area (Å²) in [6.45, 7) is 2.73. The van der Waals surface area contributed by atoms with Crippen molar-refractivity contribution in [2.45, 2.75) is 45.2 Å². The summed E-state index contributed by atoms with van der Waals surface area (Å²) in [6, 6.07) is 7.37. The molecule has 98 valence electrons. The molecule has 0 radical (unpaired) electrons. The fourth-order valence-corrected chi connectivity index (χ4v) is 2.43. The van der Waals surface area contributed by atoms with E-state index in [-0.39, 0.29) is 10.6 Å². The minimum atomic E-state index is -0.312. The second-order valence-electron chi connectivity index (χ2n) is 5.20. The number of nitrogens with zero attached hydrogens (tertiary/aromatic N) is 1. The molecule has 1 aromatic carbocycles. The van der Waals surface area contributed by atoms with E-state index < -0.39 is 0 Å². The summed E-state index contributed by atoms with van der Waals surface area (Å²) in [4.78, 5) is 10.6. The number of nitro benzene ring substituents is 1. The summed E-state index contributed by atoms with van der Waals surface area (Å²) >= 11 is 0. The third kappa shape index (κ3) is 3.29. The average Bonchev–Trinajstić information content (AvgIpc) is 2.31. The van der Waals surface area contributed by atoms with E-state index in [0.717, 1.165) is 11.5 Å². The number of benzene rings is 1. The normalized spacial score (nSPS) is 17.2. The molecular weight excluding hydrogens is 228 g/mol. The zero-order chi connectivity index (χ0) is 13.0. The molecule has 1 atom stereocenters. The Hall–Kier alpha value is -1.42. The SMILES string of the molecule is C[C@@H](CC1CCC1)NCc1ccccc1[N+](=O)[O-]. The molecular formula is C14H20N2O2. The van der Waals surface area contributed by atoms with Gasteiger partial charge in [0.15, 0.2) is 0 Å². The Balaban J connectivity index is 1.86. The predicted molar refractivity (Wildman–Crippen MR) is 71.4 cm³/mol. The van der Waals surface area contributed by atoms with Crippen LogP contribution in [0, 0.1) is 16.0 Å². The number of rotatable bonds is 6. The van der Waals surface area contributed by atoms with Gasteiger partial charge in [-0.25, -0.2) is 0 Å². The third-order valence-corrected chi connectivity index (χ3v) is 3.74. The van der Waals surface area contributed by atoms with Crippen LogP contribution in [0.2, 0.25) is 0 Å². The number of para-hydroxylation sites is 1. The van der Waals surface area contributed by atoms with Crippen molar-refractivity contribution in [3.63, 3.8) is 0 Å². The van der Waals surface area contributed by atoms with Gasteiger partial charge < -0.3 is 5.32 Å². The first kappa shape index (κ1) is 13.0. The maximum atomic E-state index is 10.9. The zero-order valence-corrected chi connectivity index (χ0v) is 10.8. The van der Waals surface area contributed by atoms with Crippen LogP contribution in [-0.2, 0) is 6.54 Å². The summed E-state index contributed by atoms with van der Waals surface area (Å²) < 4.78 is 0. The van der Waals surface area contributed by atoms with Crippen molar-refractivity contribution in [1.29, 1.82) is 0 Å². The second kappa shape index (κ2) is 5.96. The van der Waals surface area contributed by atoms with E-state index in [2.05, 4.69) is 12.2 Å². The molecule has 4 heteroatoms. The van der Waals surface area contributed by atoms with Gasteiger partial charge in [-0.1, -0.05) is 37.5 Å². The van der Waals surface area contributed by atoms with Gasteiger partial charge in [0, 0.05) is 24.2 Å². The molecule has 1 N–H and O–H groups in total. The van der Waals surface area contributed by atoms with Gasteiger partial charge in [0.2, 0.25) is 0 Å². The Labute approximate surface area is 108 Å². The second-order valence-corrected chi connectivity index (χ2v) is 5.20. The van der Waals surface area contributed by atoms with E-state index in [4.69, 9.17) is 0 Å². The summed E-state index contributed by atoms with van der Waals surface area (Å²) in [7, 11) is 0. The highest BCUT2D eigenvalue weighted by Gasteiger charge is 2.20. The summed E-state index contributed by atoms with van der Waals surface area (Å²) in [5, 5.41) is 14.3. The highest BCUT2D eigenvalue weighted by Crippen LogP contribution is 2.30. The van der Waals surface area contributed by atoms with E-state index in [0.29, 0.717) is 12.6 Å². The van der Waals surface area contributed by atoms with Gasteiger partial charge in [-0.05, 0) is 19.3 Å². The van der Waals surface area contributed by atoms with Crippen LogP contribution in [0.5, 0.6) is 0 Å². The van der Waals surface area contributed by atoms with Crippen LogP contribution in [0.4, 0.5) is 5.69 Å². The van der Waals surface area contributed by atoms with E-state index in [1.54, 1.807) is 12.1 Å². The lowest BCUT2D eigenvalue weighted by atomic mass is 9.81. The van der Waals surface area contributed by atoms with Crippen molar-refractivity contribution in [2.24, 2.45) is 5.92 Å². The van der Waals surface area contributed by atoms with Crippen LogP contribution >= 0.6 is 0 Å².